The van der Waals surface area contributed by atoms with Crippen molar-refractivity contribution >= 4 is 28.1 Å². The van der Waals surface area contributed by atoms with E-state index in [-0.39, 0.29) is 29.0 Å². The second kappa shape index (κ2) is 7.17. The van der Waals surface area contributed by atoms with Gasteiger partial charge in [0, 0.05) is 24.7 Å². The van der Waals surface area contributed by atoms with E-state index in [2.05, 4.69) is 10.0 Å². The number of non-ortho nitro benzene ring substituents is 1. The standard InChI is InChI=1S/C12H17N3O4S.ClH/c1-9-7-11(15(16)17)4-5-12(9)20(18,19)14-8-10-3-2-6-13-10;/h4-5,7,10,13-14H,2-3,6,8H2,1H3;1H. The first-order valence-electron chi connectivity index (χ1n) is 6.38. The Hall–Kier alpha value is -1.22. The molecule has 1 aromatic rings. The molecule has 1 heterocycles. The molecule has 0 aromatic heterocycles. The van der Waals surface area contributed by atoms with E-state index in [1.54, 1.807) is 6.92 Å². The number of hydrogen-bond donors (Lipinski definition) is 2. The molecule has 0 amide bonds. The van der Waals surface area contributed by atoms with E-state index >= 15 is 0 Å². The van der Waals surface area contributed by atoms with Gasteiger partial charge in [-0.3, -0.25) is 10.1 Å². The fourth-order valence-corrected chi connectivity index (χ4v) is 3.57. The van der Waals surface area contributed by atoms with Crippen molar-refractivity contribution in [3.05, 3.63) is 33.9 Å². The molecule has 0 bridgehead atoms. The van der Waals surface area contributed by atoms with E-state index in [1.165, 1.54) is 18.2 Å². The van der Waals surface area contributed by atoms with Crippen molar-refractivity contribution in [1.29, 1.82) is 0 Å². The zero-order valence-electron chi connectivity index (χ0n) is 11.5. The molecule has 1 unspecified atom stereocenters. The van der Waals surface area contributed by atoms with Crippen LogP contribution >= 0.6 is 12.4 Å². The van der Waals surface area contributed by atoms with Crippen LogP contribution in [0.1, 0.15) is 18.4 Å². The lowest BCUT2D eigenvalue weighted by molar-refractivity contribution is -0.385. The highest BCUT2D eigenvalue weighted by Gasteiger charge is 2.21. The van der Waals surface area contributed by atoms with Gasteiger partial charge in [-0.1, -0.05) is 0 Å². The van der Waals surface area contributed by atoms with Crippen molar-refractivity contribution < 1.29 is 13.3 Å². The highest BCUT2D eigenvalue weighted by Crippen LogP contribution is 2.21. The van der Waals surface area contributed by atoms with Crippen LogP contribution in [-0.4, -0.2) is 32.5 Å². The molecule has 21 heavy (non-hydrogen) atoms. The number of nitrogens with one attached hydrogen (secondary N) is 2. The Morgan fingerprint density at radius 3 is 2.71 bits per heavy atom. The maximum absolute atomic E-state index is 12.2. The van der Waals surface area contributed by atoms with Gasteiger partial charge in [-0.05, 0) is 37.9 Å². The third-order valence-electron chi connectivity index (χ3n) is 3.34. The second-order valence-corrected chi connectivity index (χ2v) is 6.59. The topological polar surface area (TPSA) is 101 Å². The van der Waals surface area contributed by atoms with E-state index in [4.69, 9.17) is 0 Å². The van der Waals surface area contributed by atoms with Gasteiger partial charge in [0.05, 0.1) is 9.82 Å². The number of hydrogen-bond acceptors (Lipinski definition) is 5. The van der Waals surface area contributed by atoms with E-state index in [1.807, 2.05) is 0 Å². The van der Waals surface area contributed by atoms with Crippen LogP contribution in [0.15, 0.2) is 23.1 Å². The summed E-state index contributed by atoms with van der Waals surface area (Å²) in [4.78, 5) is 10.2. The monoisotopic (exact) mass is 335 g/mol. The molecule has 1 fully saturated rings. The number of nitrogens with zero attached hydrogens (tertiary/aromatic N) is 1. The van der Waals surface area contributed by atoms with Crippen LogP contribution < -0.4 is 10.0 Å². The molecule has 0 spiro atoms. The van der Waals surface area contributed by atoms with E-state index in [0.29, 0.717) is 12.1 Å². The second-order valence-electron chi connectivity index (χ2n) is 4.85. The Labute approximate surface area is 129 Å². The zero-order valence-corrected chi connectivity index (χ0v) is 13.2. The summed E-state index contributed by atoms with van der Waals surface area (Å²) in [6.45, 7) is 2.79. The first kappa shape index (κ1) is 17.8. The van der Waals surface area contributed by atoms with Crippen LogP contribution in [-0.2, 0) is 10.0 Å². The van der Waals surface area contributed by atoms with Gasteiger partial charge >= 0.3 is 0 Å². The molecule has 1 atom stereocenters. The Bertz CT molecular complexity index is 615. The maximum atomic E-state index is 12.2. The number of nitro benzene ring substituents is 1. The molecule has 1 aliphatic rings. The number of benzene rings is 1. The normalized spacial score (nSPS) is 18.2. The average Bonchev–Trinajstić information content (AvgIpc) is 2.89. The quantitative estimate of drug-likeness (QED) is 0.625. The lowest BCUT2D eigenvalue weighted by atomic mass is 10.2. The molecular weight excluding hydrogens is 318 g/mol. The first-order valence-corrected chi connectivity index (χ1v) is 7.86. The molecule has 1 aromatic carbocycles. The summed E-state index contributed by atoms with van der Waals surface area (Å²) in [5, 5.41) is 13.8. The van der Waals surface area contributed by atoms with E-state index in [9.17, 15) is 18.5 Å². The summed E-state index contributed by atoms with van der Waals surface area (Å²) in [5.74, 6) is 0. The smallest absolute Gasteiger partial charge is 0.269 e. The van der Waals surface area contributed by atoms with Gasteiger partial charge in [-0.2, -0.15) is 0 Å². The number of halogens is 1. The molecule has 2 rings (SSSR count). The number of aryl methyl sites for hydroxylation is 1. The summed E-state index contributed by atoms with van der Waals surface area (Å²) in [7, 11) is -3.63. The SMILES string of the molecule is Cc1cc([N+](=O)[O-])ccc1S(=O)(=O)NCC1CCCN1.Cl. The highest BCUT2D eigenvalue weighted by molar-refractivity contribution is 7.89. The van der Waals surface area contributed by atoms with E-state index < -0.39 is 14.9 Å². The molecule has 1 saturated heterocycles. The molecule has 7 nitrogen and oxygen atoms in total. The molecular formula is C12H18ClN3O4S. The minimum absolute atomic E-state index is 0. The van der Waals surface area contributed by atoms with Gasteiger partial charge in [0.15, 0.2) is 0 Å². The number of nitro groups is 1. The summed E-state index contributed by atoms with van der Waals surface area (Å²) < 4.78 is 26.9. The zero-order chi connectivity index (χ0) is 14.8. The number of sulfonamides is 1. The van der Waals surface area contributed by atoms with Gasteiger partial charge in [0.2, 0.25) is 10.0 Å². The number of rotatable bonds is 5. The lowest BCUT2D eigenvalue weighted by Gasteiger charge is -2.13. The molecule has 2 N–H and O–H groups in total. The van der Waals surface area contributed by atoms with Crippen molar-refractivity contribution in [1.82, 2.24) is 10.0 Å². The van der Waals surface area contributed by atoms with Gasteiger partial charge in [0.25, 0.3) is 5.69 Å². The summed E-state index contributed by atoms with van der Waals surface area (Å²) in [5.41, 5.74) is 0.255. The van der Waals surface area contributed by atoms with E-state index in [0.717, 1.165) is 19.4 Å². The molecule has 0 aliphatic carbocycles. The lowest BCUT2D eigenvalue weighted by Crippen LogP contribution is -2.37. The molecule has 9 heteroatoms. The van der Waals surface area contributed by atoms with Gasteiger partial charge in [-0.15, -0.1) is 12.4 Å². The Kier molecular flexibility index (Phi) is 6.09. The van der Waals surface area contributed by atoms with Crippen LogP contribution in [0.5, 0.6) is 0 Å². The van der Waals surface area contributed by atoms with Crippen molar-refractivity contribution in [2.24, 2.45) is 0 Å². The largest absolute Gasteiger partial charge is 0.313 e. The van der Waals surface area contributed by atoms with Crippen molar-refractivity contribution in [2.45, 2.75) is 30.7 Å². The van der Waals surface area contributed by atoms with Gasteiger partial charge < -0.3 is 5.32 Å². The van der Waals surface area contributed by atoms with Crippen LogP contribution in [0, 0.1) is 17.0 Å². The molecule has 1 aliphatic heterocycles. The maximum Gasteiger partial charge on any atom is 0.269 e. The van der Waals surface area contributed by atoms with Crippen LogP contribution in [0.3, 0.4) is 0 Å². The summed E-state index contributed by atoms with van der Waals surface area (Å²) in [6, 6.07) is 3.90. The van der Waals surface area contributed by atoms with Gasteiger partial charge in [-0.25, -0.2) is 13.1 Å². The first-order chi connectivity index (χ1) is 9.40. The van der Waals surface area contributed by atoms with Gasteiger partial charge in [0.1, 0.15) is 0 Å². The fourth-order valence-electron chi connectivity index (χ4n) is 2.27. The van der Waals surface area contributed by atoms with Crippen LogP contribution in [0.4, 0.5) is 5.69 Å². The van der Waals surface area contributed by atoms with Crippen molar-refractivity contribution in [3.8, 4) is 0 Å². The minimum atomic E-state index is -3.63. The predicted octanol–water partition coefficient (Wildman–Crippen LogP) is 1.36. The fraction of sp³-hybridized carbons (Fsp3) is 0.500. The summed E-state index contributed by atoms with van der Waals surface area (Å²) in [6.07, 6.45) is 1.99. The Morgan fingerprint density at radius 2 is 2.19 bits per heavy atom. The predicted molar refractivity (Wildman–Crippen MR) is 81.3 cm³/mol. The third-order valence-corrected chi connectivity index (χ3v) is 4.92. The molecule has 0 saturated carbocycles. The Balaban J connectivity index is 0.00000220. The van der Waals surface area contributed by atoms with Crippen molar-refractivity contribution in [2.75, 3.05) is 13.1 Å². The Morgan fingerprint density at radius 1 is 1.48 bits per heavy atom. The van der Waals surface area contributed by atoms with Crippen LogP contribution in [0.2, 0.25) is 0 Å². The minimum Gasteiger partial charge on any atom is -0.313 e. The van der Waals surface area contributed by atoms with Crippen molar-refractivity contribution in [3.63, 3.8) is 0 Å². The van der Waals surface area contributed by atoms with Crippen LogP contribution in [0.25, 0.3) is 0 Å². The molecule has 118 valence electrons. The highest BCUT2D eigenvalue weighted by atomic mass is 35.5. The third kappa shape index (κ3) is 4.37. The average molecular weight is 336 g/mol. The summed E-state index contributed by atoms with van der Waals surface area (Å²) >= 11 is 0. The molecule has 0 radical (unpaired) electrons.